The van der Waals surface area contributed by atoms with Gasteiger partial charge in [-0.3, -0.25) is 15.8 Å². The van der Waals surface area contributed by atoms with Crippen LogP contribution < -0.4 is 21.9 Å². The van der Waals surface area contributed by atoms with E-state index < -0.39 is 0 Å². The minimum atomic E-state index is 0.406. The van der Waals surface area contributed by atoms with Crippen molar-refractivity contribution < 1.29 is 0 Å². The Hall–Kier alpha value is -3.87. The molecule has 0 aliphatic heterocycles. The predicted molar refractivity (Wildman–Crippen MR) is 105 cm³/mol. The second kappa shape index (κ2) is 6.94. The Morgan fingerprint density at radius 1 is 0.731 bits per heavy atom. The molecule has 0 amide bonds. The second-order valence-electron chi connectivity index (χ2n) is 5.61. The zero-order valence-corrected chi connectivity index (χ0v) is 13.8. The molecule has 0 spiro atoms. The van der Waals surface area contributed by atoms with Gasteiger partial charge in [-0.15, -0.1) is 0 Å². The monoisotopic (exact) mass is 343 g/mol. The van der Waals surface area contributed by atoms with E-state index in [1.165, 1.54) is 6.33 Å². The minimum absolute atomic E-state index is 0.406. The number of nitrogen functional groups attached to an aromatic ring is 1. The van der Waals surface area contributed by atoms with Crippen molar-refractivity contribution >= 4 is 39.6 Å². The van der Waals surface area contributed by atoms with Crippen LogP contribution in [0.4, 0.5) is 28.7 Å². The number of hydrazine groups is 1. The van der Waals surface area contributed by atoms with Gasteiger partial charge in [-0.05, 0) is 24.3 Å². The van der Waals surface area contributed by atoms with E-state index >= 15 is 0 Å². The van der Waals surface area contributed by atoms with Crippen molar-refractivity contribution in [3.8, 4) is 0 Å². The van der Waals surface area contributed by atoms with E-state index in [2.05, 4.69) is 31.1 Å². The lowest BCUT2D eigenvalue weighted by molar-refractivity contribution is 1.16. The van der Waals surface area contributed by atoms with Gasteiger partial charge in [0, 0.05) is 11.6 Å². The molecule has 128 valence electrons. The third kappa shape index (κ3) is 3.18. The number of nitrogens with zero attached hydrogens (tertiary/aromatic N) is 3. The zero-order chi connectivity index (χ0) is 17.8. The molecule has 5 N–H and O–H groups in total. The number of benzene rings is 2. The van der Waals surface area contributed by atoms with Gasteiger partial charge in [0.05, 0.1) is 16.9 Å². The lowest BCUT2D eigenvalue weighted by Crippen LogP contribution is -2.13. The van der Waals surface area contributed by atoms with Gasteiger partial charge < -0.3 is 11.1 Å². The van der Waals surface area contributed by atoms with E-state index in [0.29, 0.717) is 17.3 Å². The Balaban J connectivity index is 1.59. The van der Waals surface area contributed by atoms with Crippen LogP contribution in [-0.4, -0.2) is 15.0 Å². The molecule has 4 rings (SSSR count). The van der Waals surface area contributed by atoms with Crippen LogP contribution >= 0.6 is 0 Å². The van der Waals surface area contributed by atoms with Crippen LogP contribution in [0.15, 0.2) is 73.2 Å². The van der Waals surface area contributed by atoms with Gasteiger partial charge in [-0.2, -0.15) is 0 Å². The molecular formula is C19H17N7. The van der Waals surface area contributed by atoms with Gasteiger partial charge in [0.1, 0.15) is 12.0 Å². The molecule has 0 unspecified atom stereocenters. The summed E-state index contributed by atoms with van der Waals surface area (Å²) in [5, 5.41) is 4.28. The molecule has 0 aliphatic rings. The molecule has 0 saturated carbocycles. The average molecular weight is 343 g/mol. The highest BCUT2D eigenvalue weighted by molar-refractivity contribution is 5.93. The van der Waals surface area contributed by atoms with Gasteiger partial charge in [-0.1, -0.05) is 36.4 Å². The summed E-state index contributed by atoms with van der Waals surface area (Å²) in [4.78, 5) is 12.9. The predicted octanol–water partition coefficient (Wildman–Crippen LogP) is 3.79. The molecule has 0 radical (unpaired) electrons. The number of hydrogen-bond acceptors (Lipinski definition) is 7. The number of fused-ring (bicyclic) bond motifs is 1. The molecule has 4 aromatic rings. The Morgan fingerprint density at radius 3 is 2.42 bits per heavy atom. The van der Waals surface area contributed by atoms with Gasteiger partial charge in [0.25, 0.3) is 0 Å². The molecule has 0 atom stereocenters. The van der Waals surface area contributed by atoms with Crippen molar-refractivity contribution in [1.82, 2.24) is 15.0 Å². The lowest BCUT2D eigenvalue weighted by Gasteiger charge is -2.14. The third-order valence-corrected chi connectivity index (χ3v) is 3.87. The number of pyridine rings is 1. The Bertz CT molecular complexity index is 1030. The van der Waals surface area contributed by atoms with Crippen molar-refractivity contribution in [2.24, 2.45) is 0 Å². The summed E-state index contributed by atoms with van der Waals surface area (Å²) in [7, 11) is 0. The quantitative estimate of drug-likeness (QED) is 0.409. The maximum atomic E-state index is 6.23. The first kappa shape index (κ1) is 15.6. The highest BCUT2D eigenvalue weighted by Crippen LogP contribution is 2.29. The number of aromatic nitrogens is 3. The van der Waals surface area contributed by atoms with Crippen LogP contribution in [0.1, 0.15) is 0 Å². The van der Waals surface area contributed by atoms with Gasteiger partial charge in [-0.25, -0.2) is 9.97 Å². The highest BCUT2D eigenvalue weighted by atomic mass is 15.4. The number of nitrogens with one attached hydrogen (secondary N) is 3. The van der Waals surface area contributed by atoms with Crippen LogP contribution in [0.25, 0.3) is 10.9 Å². The first-order valence-corrected chi connectivity index (χ1v) is 8.09. The topological polar surface area (TPSA) is 101 Å². The molecule has 0 fully saturated rings. The molecule has 7 heteroatoms. The van der Waals surface area contributed by atoms with E-state index in [9.17, 15) is 0 Å². The number of anilines is 5. The summed E-state index contributed by atoms with van der Waals surface area (Å²) in [6.07, 6.45) is 3.21. The summed E-state index contributed by atoms with van der Waals surface area (Å²) in [5.74, 6) is 0.995. The fraction of sp³-hybridized carbons (Fsp3) is 0. The molecule has 0 bridgehead atoms. The first-order chi connectivity index (χ1) is 12.8. The maximum Gasteiger partial charge on any atom is 0.173 e. The average Bonchev–Trinajstić information content (AvgIpc) is 2.70. The van der Waals surface area contributed by atoms with Gasteiger partial charge in [0.2, 0.25) is 0 Å². The van der Waals surface area contributed by atoms with Crippen LogP contribution in [0, 0.1) is 0 Å². The Labute approximate surface area is 150 Å². The first-order valence-electron chi connectivity index (χ1n) is 8.09. The van der Waals surface area contributed by atoms with Gasteiger partial charge >= 0.3 is 0 Å². The Morgan fingerprint density at radius 2 is 1.54 bits per heavy atom. The van der Waals surface area contributed by atoms with Crippen LogP contribution in [0.3, 0.4) is 0 Å². The molecule has 0 saturated heterocycles. The largest absolute Gasteiger partial charge is 0.393 e. The summed E-state index contributed by atoms with van der Waals surface area (Å²) in [5.41, 5.74) is 15.3. The van der Waals surface area contributed by atoms with E-state index in [1.54, 1.807) is 6.20 Å². The highest BCUT2D eigenvalue weighted by Gasteiger charge is 2.10. The summed E-state index contributed by atoms with van der Waals surface area (Å²) < 4.78 is 0. The van der Waals surface area contributed by atoms with Crippen molar-refractivity contribution in [1.29, 1.82) is 0 Å². The molecule has 2 aromatic carbocycles. The minimum Gasteiger partial charge on any atom is -0.393 e. The number of nitrogens with two attached hydrogens (primary N) is 1. The molecule has 7 nitrogen and oxygen atoms in total. The van der Waals surface area contributed by atoms with Crippen molar-refractivity contribution in [3.63, 3.8) is 0 Å². The van der Waals surface area contributed by atoms with Crippen LogP contribution in [0.2, 0.25) is 0 Å². The Kier molecular flexibility index (Phi) is 4.17. The van der Waals surface area contributed by atoms with Crippen LogP contribution in [-0.2, 0) is 0 Å². The van der Waals surface area contributed by atoms with E-state index in [1.807, 2.05) is 60.7 Å². The van der Waals surface area contributed by atoms with E-state index in [4.69, 9.17) is 5.73 Å². The fourth-order valence-electron chi connectivity index (χ4n) is 2.58. The number of rotatable bonds is 5. The summed E-state index contributed by atoms with van der Waals surface area (Å²) >= 11 is 0. The van der Waals surface area contributed by atoms with Crippen molar-refractivity contribution in [2.75, 3.05) is 21.9 Å². The standard InChI is InChI=1S/C19H17N7/c20-16-18(24-15-10-4-6-13-7-5-11-21-17(13)15)22-12-23-19(16)26-25-14-8-2-1-3-9-14/h1-12,25H,20H2,(H2,22,23,24,26). The van der Waals surface area contributed by atoms with Crippen molar-refractivity contribution in [2.45, 2.75) is 0 Å². The summed E-state index contributed by atoms with van der Waals surface area (Å²) in [6.45, 7) is 0. The normalized spacial score (nSPS) is 10.5. The molecular weight excluding hydrogens is 326 g/mol. The SMILES string of the molecule is Nc1c(NNc2ccccc2)ncnc1Nc1cccc2cccnc12. The lowest BCUT2D eigenvalue weighted by atomic mass is 10.2. The number of hydrogen-bond donors (Lipinski definition) is 4. The van der Waals surface area contributed by atoms with E-state index in [-0.39, 0.29) is 0 Å². The fourth-order valence-corrected chi connectivity index (χ4v) is 2.58. The third-order valence-electron chi connectivity index (χ3n) is 3.87. The van der Waals surface area contributed by atoms with Crippen molar-refractivity contribution in [3.05, 3.63) is 73.2 Å². The smallest absolute Gasteiger partial charge is 0.173 e. The molecule has 2 heterocycles. The van der Waals surface area contributed by atoms with E-state index in [0.717, 1.165) is 22.3 Å². The zero-order valence-electron chi connectivity index (χ0n) is 13.8. The molecule has 26 heavy (non-hydrogen) atoms. The maximum absolute atomic E-state index is 6.23. The molecule has 2 aromatic heterocycles. The van der Waals surface area contributed by atoms with Crippen LogP contribution in [0.5, 0.6) is 0 Å². The summed E-state index contributed by atoms with van der Waals surface area (Å²) in [6, 6.07) is 19.5. The molecule has 0 aliphatic carbocycles. The number of para-hydroxylation sites is 2. The second-order valence-corrected chi connectivity index (χ2v) is 5.61. The van der Waals surface area contributed by atoms with Gasteiger partial charge in [0.15, 0.2) is 11.6 Å².